The van der Waals surface area contributed by atoms with Gasteiger partial charge in [0.2, 0.25) is 0 Å². The Morgan fingerprint density at radius 3 is 2.44 bits per heavy atom. The first kappa shape index (κ1) is 11.6. The Labute approximate surface area is 101 Å². The fourth-order valence-corrected chi connectivity index (χ4v) is 1.41. The average molecular weight is 248 g/mol. The Morgan fingerprint density at radius 2 is 1.89 bits per heavy atom. The second-order valence-electron chi connectivity index (χ2n) is 3.49. The van der Waals surface area contributed by atoms with Gasteiger partial charge in [0.15, 0.2) is 0 Å². The van der Waals surface area contributed by atoms with Crippen LogP contribution in [0.5, 0.6) is 5.75 Å². The highest BCUT2D eigenvalue weighted by atomic mass is 16.4. The number of carboxylic acid groups (broad SMARTS) is 2. The summed E-state index contributed by atoms with van der Waals surface area (Å²) < 4.78 is 1.22. The van der Waals surface area contributed by atoms with E-state index in [0.29, 0.717) is 5.69 Å². The molecule has 0 amide bonds. The maximum atomic E-state index is 10.8. The predicted octanol–water partition coefficient (Wildman–Crippen LogP) is 0.974. The third-order valence-electron chi connectivity index (χ3n) is 2.30. The molecule has 1 aromatic carbocycles. The first-order valence-electron chi connectivity index (χ1n) is 4.83. The second kappa shape index (κ2) is 4.21. The van der Waals surface area contributed by atoms with Gasteiger partial charge in [0.25, 0.3) is 0 Å². The number of aromatic nitrogens is 2. The number of nitrogens with zero attached hydrogens (tertiary/aromatic N) is 2. The smallest absolute Gasteiger partial charge is 0.339 e. The van der Waals surface area contributed by atoms with Crippen molar-refractivity contribution in [3.8, 4) is 11.4 Å². The van der Waals surface area contributed by atoms with Gasteiger partial charge in [-0.1, -0.05) is 0 Å². The van der Waals surface area contributed by atoms with E-state index in [0.717, 1.165) is 6.20 Å². The molecular weight excluding hydrogens is 240 g/mol. The van der Waals surface area contributed by atoms with Gasteiger partial charge >= 0.3 is 11.9 Å². The van der Waals surface area contributed by atoms with Gasteiger partial charge in [-0.05, 0) is 18.2 Å². The molecule has 0 atom stereocenters. The summed E-state index contributed by atoms with van der Waals surface area (Å²) in [6.07, 6.45) is 2.40. The van der Waals surface area contributed by atoms with Gasteiger partial charge in [-0.3, -0.25) is 0 Å². The lowest BCUT2D eigenvalue weighted by atomic mass is 10.2. The summed E-state index contributed by atoms with van der Waals surface area (Å²) in [6.45, 7) is 0. The van der Waals surface area contributed by atoms with Crippen LogP contribution in [0, 0.1) is 0 Å². The summed E-state index contributed by atoms with van der Waals surface area (Å²) in [5, 5.41) is 30.7. The van der Waals surface area contributed by atoms with Crippen LogP contribution in [0.4, 0.5) is 0 Å². The summed E-state index contributed by atoms with van der Waals surface area (Å²) in [6, 6.07) is 3.84. The third-order valence-corrected chi connectivity index (χ3v) is 2.30. The molecule has 92 valence electrons. The Bertz CT molecular complexity index is 632. The van der Waals surface area contributed by atoms with Crippen molar-refractivity contribution in [1.29, 1.82) is 0 Å². The average Bonchev–Trinajstić information content (AvgIpc) is 2.78. The third kappa shape index (κ3) is 2.01. The number of rotatable bonds is 3. The molecule has 7 nitrogen and oxygen atoms in total. The van der Waals surface area contributed by atoms with E-state index in [1.165, 1.54) is 29.1 Å². The number of phenols is 1. The Morgan fingerprint density at radius 1 is 1.17 bits per heavy atom. The first-order valence-corrected chi connectivity index (χ1v) is 4.83. The Hall–Kier alpha value is -2.83. The number of carboxylic acids is 2. The van der Waals surface area contributed by atoms with Crippen LogP contribution in [0.25, 0.3) is 5.69 Å². The van der Waals surface area contributed by atoms with Crippen molar-refractivity contribution in [2.75, 3.05) is 0 Å². The topological polar surface area (TPSA) is 113 Å². The van der Waals surface area contributed by atoms with Crippen LogP contribution in [-0.2, 0) is 0 Å². The van der Waals surface area contributed by atoms with Gasteiger partial charge in [-0.25, -0.2) is 14.3 Å². The number of hydrogen-bond acceptors (Lipinski definition) is 4. The van der Waals surface area contributed by atoms with E-state index in [9.17, 15) is 14.7 Å². The molecule has 0 fully saturated rings. The van der Waals surface area contributed by atoms with Crippen molar-refractivity contribution in [3.63, 3.8) is 0 Å². The maximum Gasteiger partial charge on any atom is 0.339 e. The summed E-state index contributed by atoms with van der Waals surface area (Å²) >= 11 is 0. The van der Waals surface area contributed by atoms with Gasteiger partial charge in [-0.15, -0.1) is 0 Å². The van der Waals surface area contributed by atoms with Gasteiger partial charge in [0, 0.05) is 6.20 Å². The molecule has 2 rings (SSSR count). The van der Waals surface area contributed by atoms with Crippen molar-refractivity contribution in [3.05, 3.63) is 41.7 Å². The van der Waals surface area contributed by atoms with Crippen LogP contribution >= 0.6 is 0 Å². The molecule has 0 saturated carbocycles. The lowest BCUT2D eigenvalue weighted by molar-refractivity contribution is 0.0684. The minimum absolute atomic E-state index is 0.0139. The molecule has 0 radical (unpaired) electrons. The molecule has 0 aliphatic carbocycles. The van der Waals surface area contributed by atoms with Crippen LogP contribution in [0.3, 0.4) is 0 Å². The zero-order valence-electron chi connectivity index (χ0n) is 8.94. The summed E-state index contributed by atoms with van der Waals surface area (Å²) in [5.41, 5.74) is 0.0533. The number of benzene rings is 1. The molecule has 1 heterocycles. The molecule has 0 saturated heterocycles. The standard InChI is InChI=1S/C11H8N2O5/c14-9-2-1-7(3-8(9)11(17)18)13-5-6(4-12-13)10(15)16/h1-5,14H,(H,15,16)(H,17,18). The highest BCUT2D eigenvalue weighted by Crippen LogP contribution is 2.20. The highest BCUT2D eigenvalue weighted by Gasteiger charge is 2.12. The molecule has 0 aliphatic rings. The molecule has 7 heteroatoms. The van der Waals surface area contributed by atoms with E-state index in [-0.39, 0.29) is 16.9 Å². The Balaban J connectivity index is 2.47. The number of aromatic carboxylic acids is 2. The zero-order valence-corrected chi connectivity index (χ0v) is 8.94. The monoisotopic (exact) mass is 248 g/mol. The molecule has 18 heavy (non-hydrogen) atoms. The lowest BCUT2D eigenvalue weighted by Crippen LogP contribution is -2.01. The van der Waals surface area contributed by atoms with Crippen molar-refractivity contribution in [2.24, 2.45) is 0 Å². The van der Waals surface area contributed by atoms with E-state index in [4.69, 9.17) is 10.2 Å². The van der Waals surface area contributed by atoms with Gasteiger partial charge in [0.05, 0.1) is 17.4 Å². The van der Waals surface area contributed by atoms with Crippen LogP contribution in [0.15, 0.2) is 30.6 Å². The molecular formula is C11H8N2O5. The minimum Gasteiger partial charge on any atom is -0.507 e. The predicted molar refractivity (Wildman–Crippen MR) is 59.1 cm³/mol. The van der Waals surface area contributed by atoms with Crippen molar-refractivity contribution in [1.82, 2.24) is 9.78 Å². The second-order valence-corrected chi connectivity index (χ2v) is 3.49. The quantitative estimate of drug-likeness (QED) is 0.746. The van der Waals surface area contributed by atoms with Crippen molar-refractivity contribution in [2.45, 2.75) is 0 Å². The van der Waals surface area contributed by atoms with Gasteiger partial charge < -0.3 is 15.3 Å². The highest BCUT2D eigenvalue weighted by molar-refractivity contribution is 5.91. The molecule has 1 aromatic heterocycles. The number of carbonyl (C=O) groups is 2. The number of aromatic hydroxyl groups is 1. The fraction of sp³-hybridized carbons (Fsp3) is 0. The van der Waals surface area contributed by atoms with E-state index >= 15 is 0 Å². The SMILES string of the molecule is O=C(O)c1cnn(-c2ccc(O)c(C(=O)O)c2)c1. The molecule has 2 aromatic rings. The van der Waals surface area contributed by atoms with Crippen LogP contribution in [0.2, 0.25) is 0 Å². The molecule has 0 bridgehead atoms. The summed E-state index contributed by atoms with van der Waals surface area (Å²) in [7, 11) is 0. The molecule has 0 aliphatic heterocycles. The van der Waals surface area contributed by atoms with Crippen LogP contribution in [0.1, 0.15) is 20.7 Å². The summed E-state index contributed by atoms with van der Waals surface area (Å²) in [4.78, 5) is 21.5. The van der Waals surface area contributed by atoms with Gasteiger partial charge in [0.1, 0.15) is 11.3 Å². The zero-order chi connectivity index (χ0) is 13.3. The minimum atomic E-state index is -1.28. The molecule has 3 N–H and O–H groups in total. The van der Waals surface area contributed by atoms with E-state index in [1.807, 2.05) is 0 Å². The lowest BCUT2D eigenvalue weighted by Gasteiger charge is -2.04. The normalized spacial score (nSPS) is 10.2. The Kier molecular flexibility index (Phi) is 2.72. The fourth-order valence-electron chi connectivity index (χ4n) is 1.41. The number of hydrogen-bond donors (Lipinski definition) is 3. The van der Waals surface area contributed by atoms with E-state index < -0.39 is 11.9 Å². The largest absolute Gasteiger partial charge is 0.507 e. The maximum absolute atomic E-state index is 10.8. The van der Waals surface area contributed by atoms with Crippen molar-refractivity contribution < 1.29 is 24.9 Å². The van der Waals surface area contributed by atoms with E-state index in [2.05, 4.69) is 5.10 Å². The van der Waals surface area contributed by atoms with Crippen LogP contribution < -0.4 is 0 Å². The van der Waals surface area contributed by atoms with Gasteiger partial charge in [-0.2, -0.15) is 5.10 Å². The molecule has 0 unspecified atom stereocenters. The van der Waals surface area contributed by atoms with E-state index in [1.54, 1.807) is 0 Å². The van der Waals surface area contributed by atoms with Crippen LogP contribution in [-0.4, -0.2) is 37.0 Å². The molecule has 0 spiro atoms. The first-order chi connectivity index (χ1) is 8.49. The summed E-state index contributed by atoms with van der Waals surface area (Å²) in [5.74, 6) is -2.77. The van der Waals surface area contributed by atoms with Crippen molar-refractivity contribution >= 4 is 11.9 Å².